The molecule has 0 rings (SSSR count). The van der Waals surface area contributed by atoms with E-state index in [0.717, 1.165) is 6.54 Å². The first kappa shape index (κ1) is 11.6. The van der Waals surface area contributed by atoms with Crippen molar-refractivity contribution >= 4 is 17.3 Å². The molecule has 4 heteroatoms. The van der Waals surface area contributed by atoms with Crippen molar-refractivity contribution in [2.75, 3.05) is 20.3 Å². The lowest BCUT2D eigenvalue weighted by atomic mass is 10.1. The Balaban J connectivity index is 3.47. The van der Waals surface area contributed by atoms with Crippen molar-refractivity contribution in [1.82, 2.24) is 10.6 Å². The molecule has 2 N–H and O–H groups in total. The highest BCUT2D eigenvalue weighted by Gasteiger charge is 2.09. The van der Waals surface area contributed by atoms with E-state index in [-0.39, 0.29) is 5.54 Å². The minimum atomic E-state index is 0.0250. The predicted molar refractivity (Wildman–Crippen MR) is 55.4 cm³/mol. The largest absolute Gasteiger partial charge is 0.383 e. The Morgan fingerprint density at radius 2 is 2.00 bits per heavy atom. The van der Waals surface area contributed by atoms with Crippen molar-refractivity contribution in [2.45, 2.75) is 26.3 Å². The summed E-state index contributed by atoms with van der Waals surface area (Å²) in [4.78, 5) is 0. The van der Waals surface area contributed by atoms with Crippen molar-refractivity contribution in [2.24, 2.45) is 0 Å². The van der Waals surface area contributed by atoms with E-state index in [9.17, 15) is 0 Å². The van der Waals surface area contributed by atoms with Gasteiger partial charge in [-0.2, -0.15) is 0 Å². The third kappa shape index (κ3) is 7.75. The lowest BCUT2D eigenvalue weighted by molar-refractivity contribution is 0.203. The van der Waals surface area contributed by atoms with Gasteiger partial charge in [0.2, 0.25) is 0 Å². The van der Waals surface area contributed by atoms with Gasteiger partial charge in [-0.1, -0.05) is 0 Å². The summed E-state index contributed by atoms with van der Waals surface area (Å²) in [6.45, 7) is 7.62. The van der Waals surface area contributed by atoms with Crippen LogP contribution in [0.3, 0.4) is 0 Å². The maximum atomic E-state index is 5.04. The molecular formula is C8H18N2OS. The van der Waals surface area contributed by atoms with E-state index in [1.54, 1.807) is 7.11 Å². The topological polar surface area (TPSA) is 33.3 Å². The van der Waals surface area contributed by atoms with Crippen molar-refractivity contribution in [1.29, 1.82) is 0 Å². The van der Waals surface area contributed by atoms with Crippen LogP contribution in [0, 0.1) is 0 Å². The van der Waals surface area contributed by atoms with Gasteiger partial charge in [0, 0.05) is 19.2 Å². The van der Waals surface area contributed by atoms with Crippen LogP contribution in [-0.2, 0) is 4.74 Å². The molecule has 0 bridgehead atoms. The standard InChI is InChI=1S/C8H18N2OS/c1-8(2,3)10-7(12)9-5-6-11-4/h5-6H2,1-4H3,(H2,9,10,12). The SMILES string of the molecule is COCCNC(=S)NC(C)(C)C. The summed E-state index contributed by atoms with van der Waals surface area (Å²) in [5.41, 5.74) is 0.0250. The Morgan fingerprint density at radius 3 is 2.42 bits per heavy atom. The number of nitrogens with one attached hydrogen (secondary N) is 2. The van der Waals surface area contributed by atoms with Gasteiger partial charge in [0.1, 0.15) is 0 Å². The average molecular weight is 190 g/mol. The minimum Gasteiger partial charge on any atom is -0.383 e. The van der Waals surface area contributed by atoms with Gasteiger partial charge in [0.05, 0.1) is 6.61 Å². The summed E-state index contributed by atoms with van der Waals surface area (Å²) in [7, 11) is 1.67. The van der Waals surface area contributed by atoms with Crippen molar-refractivity contribution in [3.63, 3.8) is 0 Å². The van der Waals surface area contributed by atoms with Crippen molar-refractivity contribution in [3.8, 4) is 0 Å². The van der Waals surface area contributed by atoms with Gasteiger partial charge in [0.25, 0.3) is 0 Å². The molecule has 0 amide bonds. The average Bonchev–Trinajstić information content (AvgIpc) is 1.84. The molecule has 0 fully saturated rings. The first-order valence-corrected chi connectivity index (χ1v) is 4.41. The van der Waals surface area contributed by atoms with Crippen LogP contribution in [0.15, 0.2) is 0 Å². The zero-order chi connectivity index (χ0) is 9.61. The fraction of sp³-hybridized carbons (Fsp3) is 0.875. The molecule has 0 unspecified atom stereocenters. The third-order valence-electron chi connectivity index (χ3n) is 1.08. The highest BCUT2D eigenvalue weighted by Crippen LogP contribution is 1.97. The van der Waals surface area contributed by atoms with Gasteiger partial charge in [-0.05, 0) is 33.0 Å². The van der Waals surface area contributed by atoms with Crippen LogP contribution in [0.1, 0.15) is 20.8 Å². The van der Waals surface area contributed by atoms with E-state index in [1.165, 1.54) is 0 Å². The Morgan fingerprint density at radius 1 is 1.42 bits per heavy atom. The van der Waals surface area contributed by atoms with Gasteiger partial charge in [-0.3, -0.25) is 0 Å². The summed E-state index contributed by atoms with van der Waals surface area (Å²) in [5, 5.41) is 6.86. The Hall–Kier alpha value is -0.350. The lowest BCUT2D eigenvalue weighted by Gasteiger charge is -2.22. The molecule has 0 aliphatic rings. The number of methoxy groups -OCH3 is 1. The molecular weight excluding hydrogens is 172 g/mol. The van der Waals surface area contributed by atoms with Gasteiger partial charge in [-0.25, -0.2) is 0 Å². The molecule has 0 saturated carbocycles. The van der Waals surface area contributed by atoms with Crippen LogP contribution >= 0.6 is 12.2 Å². The summed E-state index contributed by atoms with van der Waals surface area (Å²) in [6.07, 6.45) is 0. The van der Waals surface area contributed by atoms with Gasteiger partial charge in [-0.15, -0.1) is 0 Å². The minimum absolute atomic E-state index is 0.0250. The molecule has 0 heterocycles. The predicted octanol–water partition coefficient (Wildman–Crippen LogP) is 0.895. The smallest absolute Gasteiger partial charge is 0.166 e. The van der Waals surface area contributed by atoms with Crippen LogP contribution in [0.25, 0.3) is 0 Å². The number of hydrogen-bond donors (Lipinski definition) is 2. The molecule has 0 aromatic carbocycles. The fourth-order valence-electron chi connectivity index (χ4n) is 0.651. The fourth-order valence-corrected chi connectivity index (χ4v) is 1.06. The third-order valence-corrected chi connectivity index (χ3v) is 1.33. The van der Waals surface area contributed by atoms with Gasteiger partial charge >= 0.3 is 0 Å². The first-order valence-electron chi connectivity index (χ1n) is 4.00. The first-order chi connectivity index (χ1) is 5.45. The normalized spacial score (nSPS) is 11.0. The molecule has 72 valence electrons. The van der Waals surface area contributed by atoms with E-state index in [4.69, 9.17) is 17.0 Å². The second-order valence-corrected chi connectivity index (χ2v) is 4.03. The van der Waals surface area contributed by atoms with E-state index in [0.29, 0.717) is 11.7 Å². The highest BCUT2D eigenvalue weighted by molar-refractivity contribution is 7.80. The number of rotatable bonds is 3. The maximum absolute atomic E-state index is 5.04. The van der Waals surface area contributed by atoms with Crippen molar-refractivity contribution in [3.05, 3.63) is 0 Å². The maximum Gasteiger partial charge on any atom is 0.166 e. The molecule has 0 atom stereocenters. The van der Waals surface area contributed by atoms with Crippen LogP contribution in [-0.4, -0.2) is 30.9 Å². The van der Waals surface area contributed by atoms with Crippen molar-refractivity contribution < 1.29 is 4.74 Å². The summed E-state index contributed by atoms with van der Waals surface area (Å²) < 4.78 is 4.87. The molecule has 0 aliphatic carbocycles. The van der Waals surface area contributed by atoms with E-state index in [1.807, 2.05) is 0 Å². The molecule has 12 heavy (non-hydrogen) atoms. The monoisotopic (exact) mass is 190 g/mol. The molecule has 0 saturated heterocycles. The zero-order valence-electron chi connectivity index (χ0n) is 8.23. The Kier molecular flexibility index (Phi) is 5.17. The van der Waals surface area contributed by atoms with Crippen LogP contribution < -0.4 is 10.6 Å². The Bertz CT molecular complexity index is 142. The molecule has 0 spiro atoms. The van der Waals surface area contributed by atoms with E-state index >= 15 is 0 Å². The number of thiocarbonyl (C=S) groups is 1. The Labute approximate surface area is 79.9 Å². The summed E-state index contributed by atoms with van der Waals surface area (Å²) in [5.74, 6) is 0. The second-order valence-electron chi connectivity index (χ2n) is 3.62. The zero-order valence-corrected chi connectivity index (χ0v) is 9.05. The lowest BCUT2D eigenvalue weighted by Crippen LogP contribution is -2.46. The summed E-state index contributed by atoms with van der Waals surface area (Å²) in [6, 6.07) is 0. The molecule has 0 aromatic heterocycles. The molecule has 3 nitrogen and oxygen atoms in total. The van der Waals surface area contributed by atoms with E-state index in [2.05, 4.69) is 31.4 Å². The second kappa shape index (κ2) is 5.32. The van der Waals surface area contributed by atoms with Gasteiger partial charge < -0.3 is 15.4 Å². The molecule has 0 aromatic rings. The molecule has 0 radical (unpaired) electrons. The summed E-state index contributed by atoms with van der Waals surface area (Å²) >= 11 is 5.04. The number of hydrogen-bond acceptors (Lipinski definition) is 2. The van der Waals surface area contributed by atoms with E-state index < -0.39 is 0 Å². The highest BCUT2D eigenvalue weighted by atomic mass is 32.1. The van der Waals surface area contributed by atoms with Gasteiger partial charge in [0.15, 0.2) is 5.11 Å². The number of ether oxygens (including phenoxy) is 1. The van der Waals surface area contributed by atoms with Crippen LogP contribution in [0.4, 0.5) is 0 Å². The van der Waals surface area contributed by atoms with Crippen LogP contribution in [0.2, 0.25) is 0 Å². The van der Waals surface area contributed by atoms with Crippen LogP contribution in [0.5, 0.6) is 0 Å². The molecule has 0 aliphatic heterocycles. The quantitative estimate of drug-likeness (QED) is 0.511.